The molecular formula is C9H11BrO2S. The number of carboxylic acid groups (broad SMARTS) is 1. The van der Waals surface area contributed by atoms with E-state index in [0.29, 0.717) is 0 Å². The molecule has 1 heterocycles. The number of carboxylic acids is 1. The maximum Gasteiger partial charge on any atom is 0.303 e. The van der Waals surface area contributed by atoms with Gasteiger partial charge in [0.05, 0.1) is 6.42 Å². The minimum atomic E-state index is -0.745. The summed E-state index contributed by atoms with van der Waals surface area (Å²) in [6.07, 6.45) is 0.193. The molecule has 2 nitrogen and oxygen atoms in total. The van der Waals surface area contributed by atoms with E-state index in [9.17, 15) is 4.79 Å². The van der Waals surface area contributed by atoms with Crippen LogP contribution in [-0.2, 0) is 4.79 Å². The summed E-state index contributed by atoms with van der Waals surface area (Å²) < 4.78 is 1.03. The first-order chi connectivity index (χ1) is 6.00. The molecule has 1 atom stereocenters. The molecule has 1 aromatic rings. The van der Waals surface area contributed by atoms with Gasteiger partial charge in [0, 0.05) is 20.1 Å². The number of hydrogen-bond acceptors (Lipinski definition) is 2. The van der Waals surface area contributed by atoms with Crippen LogP contribution in [0.4, 0.5) is 0 Å². The van der Waals surface area contributed by atoms with Gasteiger partial charge in [0.25, 0.3) is 0 Å². The predicted molar refractivity (Wildman–Crippen MR) is 57.4 cm³/mol. The zero-order valence-electron chi connectivity index (χ0n) is 7.50. The van der Waals surface area contributed by atoms with Crippen LogP contribution in [-0.4, -0.2) is 11.1 Å². The Balaban J connectivity index is 2.81. The molecule has 0 spiro atoms. The summed E-state index contributed by atoms with van der Waals surface area (Å²) in [6, 6.07) is 2.03. The number of carbonyl (C=O) groups is 1. The summed E-state index contributed by atoms with van der Waals surface area (Å²) in [4.78, 5) is 12.8. The van der Waals surface area contributed by atoms with Gasteiger partial charge in [-0.1, -0.05) is 6.92 Å². The van der Waals surface area contributed by atoms with Gasteiger partial charge in [-0.05, 0) is 28.9 Å². The first-order valence-electron chi connectivity index (χ1n) is 3.98. The number of aryl methyl sites for hydroxylation is 1. The molecule has 4 heteroatoms. The second-order valence-corrected chi connectivity index (χ2v) is 5.21. The second kappa shape index (κ2) is 4.24. The molecule has 0 fully saturated rings. The zero-order chi connectivity index (χ0) is 10.0. The lowest BCUT2D eigenvalue weighted by Gasteiger charge is -2.05. The van der Waals surface area contributed by atoms with E-state index < -0.39 is 5.97 Å². The van der Waals surface area contributed by atoms with E-state index in [-0.39, 0.29) is 12.3 Å². The SMILES string of the molecule is Cc1cc(Br)c(C(C)CC(=O)O)s1. The van der Waals surface area contributed by atoms with E-state index in [1.54, 1.807) is 11.3 Å². The van der Waals surface area contributed by atoms with Crippen molar-refractivity contribution in [1.29, 1.82) is 0 Å². The molecule has 0 aliphatic carbocycles. The highest BCUT2D eigenvalue weighted by Gasteiger charge is 2.15. The third kappa shape index (κ3) is 2.81. The Bertz CT molecular complexity index is 319. The number of halogens is 1. The Kier molecular flexibility index (Phi) is 3.50. The maximum atomic E-state index is 10.5. The highest BCUT2D eigenvalue weighted by Crippen LogP contribution is 2.34. The zero-order valence-corrected chi connectivity index (χ0v) is 9.91. The van der Waals surface area contributed by atoms with E-state index in [4.69, 9.17) is 5.11 Å². The number of rotatable bonds is 3. The van der Waals surface area contributed by atoms with Crippen LogP contribution < -0.4 is 0 Å². The summed E-state index contributed by atoms with van der Waals surface area (Å²) in [5.74, 6) is -0.656. The highest BCUT2D eigenvalue weighted by atomic mass is 79.9. The summed E-state index contributed by atoms with van der Waals surface area (Å²) in [5, 5.41) is 8.63. The lowest BCUT2D eigenvalue weighted by molar-refractivity contribution is -0.137. The van der Waals surface area contributed by atoms with Crippen LogP contribution in [0, 0.1) is 6.92 Å². The van der Waals surface area contributed by atoms with Crippen molar-refractivity contribution in [1.82, 2.24) is 0 Å². The van der Waals surface area contributed by atoms with Crippen molar-refractivity contribution >= 4 is 33.2 Å². The van der Waals surface area contributed by atoms with Crippen molar-refractivity contribution in [2.75, 3.05) is 0 Å². The third-order valence-corrected chi connectivity index (χ3v) is 3.97. The van der Waals surface area contributed by atoms with Crippen molar-refractivity contribution in [2.24, 2.45) is 0 Å². The van der Waals surface area contributed by atoms with Crippen molar-refractivity contribution in [2.45, 2.75) is 26.2 Å². The summed E-state index contributed by atoms with van der Waals surface area (Å²) in [5.41, 5.74) is 0. The minimum Gasteiger partial charge on any atom is -0.481 e. The van der Waals surface area contributed by atoms with Gasteiger partial charge in [-0.15, -0.1) is 11.3 Å². The molecule has 1 unspecified atom stereocenters. The molecule has 0 saturated carbocycles. The van der Waals surface area contributed by atoms with Gasteiger partial charge in [-0.3, -0.25) is 4.79 Å². The Morgan fingerprint density at radius 1 is 1.77 bits per heavy atom. The summed E-state index contributed by atoms with van der Waals surface area (Å²) >= 11 is 5.08. The van der Waals surface area contributed by atoms with Crippen LogP contribution in [0.3, 0.4) is 0 Å². The molecule has 1 rings (SSSR count). The maximum absolute atomic E-state index is 10.5. The Morgan fingerprint density at radius 3 is 2.77 bits per heavy atom. The van der Waals surface area contributed by atoms with Crippen LogP contribution in [0.2, 0.25) is 0 Å². The van der Waals surface area contributed by atoms with Gasteiger partial charge in [0.1, 0.15) is 0 Å². The average molecular weight is 263 g/mol. The fourth-order valence-electron chi connectivity index (χ4n) is 1.19. The largest absolute Gasteiger partial charge is 0.481 e. The topological polar surface area (TPSA) is 37.3 Å². The van der Waals surface area contributed by atoms with Crippen LogP contribution in [0.5, 0.6) is 0 Å². The molecule has 0 radical (unpaired) electrons. The first kappa shape index (κ1) is 10.7. The Labute approximate surface area is 89.7 Å². The molecule has 0 aliphatic rings. The van der Waals surface area contributed by atoms with Gasteiger partial charge in [-0.25, -0.2) is 0 Å². The smallest absolute Gasteiger partial charge is 0.303 e. The van der Waals surface area contributed by atoms with Crippen LogP contribution in [0.25, 0.3) is 0 Å². The van der Waals surface area contributed by atoms with Crippen LogP contribution in [0.1, 0.15) is 29.0 Å². The molecule has 1 aromatic heterocycles. The van der Waals surface area contributed by atoms with E-state index in [2.05, 4.69) is 15.9 Å². The summed E-state index contributed by atoms with van der Waals surface area (Å²) in [6.45, 7) is 3.95. The number of thiophene rings is 1. The molecule has 0 amide bonds. The van der Waals surface area contributed by atoms with Gasteiger partial charge in [0.15, 0.2) is 0 Å². The van der Waals surface area contributed by atoms with Crippen molar-refractivity contribution in [3.8, 4) is 0 Å². The van der Waals surface area contributed by atoms with E-state index in [1.807, 2.05) is 19.9 Å². The Morgan fingerprint density at radius 2 is 2.38 bits per heavy atom. The third-order valence-electron chi connectivity index (χ3n) is 1.76. The fraction of sp³-hybridized carbons (Fsp3) is 0.444. The number of aliphatic carboxylic acids is 1. The highest BCUT2D eigenvalue weighted by molar-refractivity contribution is 9.10. The van der Waals surface area contributed by atoms with Gasteiger partial charge in [0.2, 0.25) is 0 Å². The van der Waals surface area contributed by atoms with Gasteiger partial charge in [-0.2, -0.15) is 0 Å². The van der Waals surface area contributed by atoms with Gasteiger partial charge < -0.3 is 5.11 Å². The lowest BCUT2D eigenvalue weighted by atomic mass is 10.1. The molecule has 13 heavy (non-hydrogen) atoms. The first-order valence-corrected chi connectivity index (χ1v) is 5.59. The molecule has 0 aliphatic heterocycles. The standard InChI is InChI=1S/C9H11BrO2S/c1-5(3-8(11)12)9-7(10)4-6(2)13-9/h4-5H,3H2,1-2H3,(H,11,12). The molecule has 0 aromatic carbocycles. The monoisotopic (exact) mass is 262 g/mol. The van der Waals surface area contributed by atoms with E-state index >= 15 is 0 Å². The quantitative estimate of drug-likeness (QED) is 0.907. The number of hydrogen-bond donors (Lipinski definition) is 1. The Hall–Kier alpha value is -0.350. The summed E-state index contributed by atoms with van der Waals surface area (Å²) in [7, 11) is 0. The minimum absolute atomic E-state index is 0.0885. The molecule has 0 saturated heterocycles. The average Bonchev–Trinajstić information content (AvgIpc) is 2.28. The van der Waals surface area contributed by atoms with Crippen molar-refractivity contribution in [3.63, 3.8) is 0 Å². The van der Waals surface area contributed by atoms with Crippen LogP contribution in [0.15, 0.2) is 10.5 Å². The predicted octanol–water partition coefficient (Wildman–Crippen LogP) is 3.40. The molecule has 72 valence electrons. The molecular weight excluding hydrogens is 252 g/mol. The van der Waals surface area contributed by atoms with E-state index in [0.717, 1.165) is 9.35 Å². The second-order valence-electron chi connectivity index (χ2n) is 3.07. The van der Waals surface area contributed by atoms with Crippen LogP contribution >= 0.6 is 27.3 Å². The normalized spacial score (nSPS) is 12.8. The van der Waals surface area contributed by atoms with Crippen molar-refractivity contribution < 1.29 is 9.90 Å². The van der Waals surface area contributed by atoms with Gasteiger partial charge >= 0.3 is 5.97 Å². The fourth-order valence-corrected chi connectivity index (χ4v) is 3.28. The molecule has 1 N–H and O–H groups in total. The lowest BCUT2D eigenvalue weighted by Crippen LogP contribution is -2.01. The molecule has 0 bridgehead atoms. The van der Waals surface area contributed by atoms with Crippen molar-refractivity contribution in [3.05, 3.63) is 20.3 Å². The van der Waals surface area contributed by atoms with E-state index in [1.165, 1.54) is 4.88 Å².